The molecule has 0 spiro atoms. The molecular weight excluding hydrogens is 291 g/mol. The van der Waals surface area contributed by atoms with Gasteiger partial charge in [0.2, 0.25) is 0 Å². The van der Waals surface area contributed by atoms with Crippen LogP contribution in [-0.4, -0.2) is 10.1 Å². The molecular formula is C9H7Cl3N2OS. The van der Waals surface area contributed by atoms with Crippen molar-refractivity contribution >= 4 is 46.1 Å². The van der Waals surface area contributed by atoms with Gasteiger partial charge in [-0.1, -0.05) is 35.3 Å². The molecule has 0 aliphatic heterocycles. The predicted molar refractivity (Wildman–Crippen MR) is 66.5 cm³/mol. The van der Waals surface area contributed by atoms with Gasteiger partial charge in [0, 0.05) is 0 Å². The van der Waals surface area contributed by atoms with E-state index in [2.05, 4.69) is 10.1 Å². The third kappa shape index (κ3) is 2.35. The van der Waals surface area contributed by atoms with Crippen LogP contribution in [0.15, 0.2) is 10.6 Å². The molecule has 3 nitrogen and oxygen atoms in total. The fourth-order valence-corrected chi connectivity index (χ4v) is 2.68. The predicted octanol–water partition coefficient (Wildman–Crippen LogP) is 4.79. The van der Waals surface area contributed by atoms with Gasteiger partial charge in [0.1, 0.15) is 4.34 Å². The summed E-state index contributed by atoms with van der Waals surface area (Å²) < 4.78 is 6.20. The molecule has 0 saturated heterocycles. The number of hydrogen-bond acceptors (Lipinski definition) is 4. The van der Waals surface area contributed by atoms with Crippen molar-refractivity contribution in [3.05, 3.63) is 20.6 Å². The summed E-state index contributed by atoms with van der Waals surface area (Å²) in [7, 11) is 0. The molecule has 0 amide bonds. The van der Waals surface area contributed by atoms with Gasteiger partial charge in [-0.05, 0) is 12.5 Å². The Morgan fingerprint density at radius 2 is 2.25 bits per heavy atom. The van der Waals surface area contributed by atoms with Gasteiger partial charge in [-0.15, -0.1) is 22.9 Å². The summed E-state index contributed by atoms with van der Waals surface area (Å²) in [6.07, 6.45) is 0.735. The molecule has 0 saturated carbocycles. The average Bonchev–Trinajstić information content (AvgIpc) is 2.83. The van der Waals surface area contributed by atoms with Gasteiger partial charge in [-0.25, -0.2) is 0 Å². The minimum atomic E-state index is -0.245. The number of aromatic nitrogens is 2. The van der Waals surface area contributed by atoms with Crippen LogP contribution in [0.2, 0.25) is 8.67 Å². The molecule has 0 bridgehead atoms. The Kier molecular flexibility index (Phi) is 3.74. The van der Waals surface area contributed by atoms with Crippen LogP contribution in [0.4, 0.5) is 0 Å². The van der Waals surface area contributed by atoms with E-state index in [1.807, 2.05) is 6.92 Å². The van der Waals surface area contributed by atoms with Crippen LogP contribution in [-0.2, 0) is 0 Å². The monoisotopic (exact) mass is 296 g/mol. The molecule has 1 unspecified atom stereocenters. The molecule has 7 heteroatoms. The quantitative estimate of drug-likeness (QED) is 0.764. The smallest absolute Gasteiger partial charge is 0.260 e. The maximum atomic E-state index is 5.99. The summed E-state index contributed by atoms with van der Waals surface area (Å²) in [6.45, 7) is 1.95. The maximum Gasteiger partial charge on any atom is 0.260 e. The molecule has 2 rings (SSSR count). The van der Waals surface area contributed by atoms with E-state index < -0.39 is 0 Å². The van der Waals surface area contributed by atoms with E-state index >= 15 is 0 Å². The lowest BCUT2D eigenvalue weighted by molar-refractivity contribution is 0.421. The number of nitrogens with zero attached hydrogens (tertiary/aromatic N) is 2. The molecule has 0 fully saturated rings. The lowest BCUT2D eigenvalue weighted by Gasteiger charge is -1.95. The molecule has 2 heterocycles. The van der Waals surface area contributed by atoms with Crippen molar-refractivity contribution in [3.63, 3.8) is 0 Å². The lowest BCUT2D eigenvalue weighted by atomic mass is 10.3. The van der Waals surface area contributed by atoms with Crippen molar-refractivity contribution in [1.82, 2.24) is 10.1 Å². The zero-order valence-corrected chi connectivity index (χ0v) is 11.3. The summed E-state index contributed by atoms with van der Waals surface area (Å²) in [5.74, 6) is 0.819. The zero-order chi connectivity index (χ0) is 11.7. The molecule has 2 aromatic rings. The number of thiophene rings is 1. The highest BCUT2D eigenvalue weighted by Crippen LogP contribution is 2.37. The normalized spacial score (nSPS) is 13.0. The van der Waals surface area contributed by atoms with Gasteiger partial charge in [0.05, 0.1) is 15.3 Å². The Hall–Kier alpha value is -0.290. The molecule has 16 heavy (non-hydrogen) atoms. The average molecular weight is 298 g/mol. The van der Waals surface area contributed by atoms with Gasteiger partial charge < -0.3 is 4.52 Å². The van der Waals surface area contributed by atoms with E-state index in [0.717, 1.165) is 6.42 Å². The second kappa shape index (κ2) is 4.92. The lowest BCUT2D eigenvalue weighted by Crippen LogP contribution is -1.90. The Bertz CT molecular complexity index is 497. The first-order valence-corrected chi connectivity index (χ1v) is 6.55. The van der Waals surface area contributed by atoms with Crippen LogP contribution in [0.25, 0.3) is 11.5 Å². The Morgan fingerprint density at radius 1 is 1.50 bits per heavy atom. The second-order valence-corrected chi connectivity index (χ2v) is 5.88. The van der Waals surface area contributed by atoms with Crippen molar-refractivity contribution in [2.75, 3.05) is 0 Å². The van der Waals surface area contributed by atoms with Crippen molar-refractivity contribution in [2.24, 2.45) is 0 Å². The van der Waals surface area contributed by atoms with Gasteiger partial charge in [-0.2, -0.15) is 4.98 Å². The van der Waals surface area contributed by atoms with E-state index in [-0.39, 0.29) is 5.38 Å². The molecule has 0 aromatic carbocycles. The van der Waals surface area contributed by atoms with Gasteiger partial charge >= 0.3 is 0 Å². The molecule has 0 aliphatic rings. The Balaban J connectivity index is 2.35. The van der Waals surface area contributed by atoms with Gasteiger partial charge in [0.25, 0.3) is 5.89 Å². The van der Waals surface area contributed by atoms with E-state index in [4.69, 9.17) is 39.3 Å². The van der Waals surface area contributed by atoms with Crippen LogP contribution in [0.5, 0.6) is 0 Å². The van der Waals surface area contributed by atoms with Crippen LogP contribution in [0, 0.1) is 0 Å². The number of rotatable bonds is 3. The first kappa shape index (κ1) is 12.2. The van der Waals surface area contributed by atoms with Crippen LogP contribution in [0.1, 0.15) is 24.5 Å². The molecule has 86 valence electrons. The third-order valence-electron chi connectivity index (χ3n) is 1.97. The summed E-state index contributed by atoms with van der Waals surface area (Å²) >= 11 is 19.1. The number of hydrogen-bond donors (Lipinski definition) is 0. The highest BCUT2D eigenvalue weighted by atomic mass is 35.5. The second-order valence-electron chi connectivity index (χ2n) is 3.07. The zero-order valence-electron chi connectivity index (χ0n) is 8.21. The topological polar surface area (TPSA) is 38.9 Å². The summed E-state index contributed by atoms with van der Waals surface area (Å²) in [5, 5.41) is 3.55. The number of halogens is 3. The highest BCUT2D eigenvalue weighted by molar-refractivity contribution is 7.20. The fourth-order valence-electron chi connectivity index (χ4n) is 1.14. The summed E-state index contributed by atoms with van der Waals surface area (Å²) in [5.41, 5.74) is 0.649. The Morgan fingerprint density at radius 3 is 2.81 bits per heavy atom. The first-order valence-electron chi connectivity index (χ1n) is 4.54. The standard InChI is InChI=1S/C9H7Cl3N2OS/c1-2-5(10)8-13-9(15-14-8)4-3-6(11)16-7(4)12/h3,5H,2H2,1H3. The van der Waals surface area contributed by atoms with Crippen LogP contribution in [0.3, 0.4) is 0 Å². The third-order valence-corrected chi connectivity index (χ3v) is 3.96. The van der Waals surface area contributed by atoms with Crippen molar-refractivity contribution < 1.29 is 4.52 Å². The van der Waals surface area contributed by atoms with E-state index in [0.29, 0.717) is 26.0 Å². The summed E-state index contributed by atoms with van der Waals surface area (Å²) in [6, 6.07) is 1.70. The highest BCUT2D eigenvalue weighted by Gasteiger charge is 2.18. The van der Waals surface area contributed by atoms with E-state index in [1.54, 1.807) is 6.07 Å². The largest absolute Gasteiger partial charge is 0.334 e. The van der Waals surface area contributed by atoms with E-state index in [1.165, 1.54) is 11.3 Å². The Labute approximate surface area is 111 Å². The maximum absolute atomic E-state index is 5.99. The van der Waals surface area contributed by atoms with Crippen molar-refractivity contribution in [2.45, 2.75) is 18.7 Å². The minimum absolute atomic E-state index is 0.245. The summed E-state index contributed by atoms with van der Waals surface area (Å²) in [4.78, 5) is 4.18. The molecule has 2 aromatic heterocycles. The van der Waals surface area contributed by atoms with Crippen LogP contribution < -0.4 is 0 Å². The molecule has 0 radical (unpaired) electrons. The van der Waals surface area contributed by atoms with Crippen LogP contribution >= 0.6 is 46.1 Å². The minimum Gasteiger partial charge on any atom is -0.334 e. The molecule has 1 atom stereocenters. The molecule has 0 N–H and O–H groups in total. The van der Waals surface area contributed by atoms with E-state index in [9.17, 15) is 0 Å². The fraction of sp³-hybridized carbons (Fsp3) is 0.333. The van der Waals surface area contributed by atoms with Crippen molar-refractivity contribution in [3.8, 4) is 11.5 Å². The van der Waals surface area contributed by atoms with Gasteiger partial charge in [-0.3, -0.25) is 0 Å². The number of alkyl halides is 1. The first-order chi connectivity index (χ1) is 7.61. The molecule has 0 aliphatic carbocycles. The van der Waals surface area contributed by atoms with Crippen molar-refractivity contribution in [1.29, 1.82) is 0 Å². The SMILES string of the molecule is CCC(Cl)c1noc(-c2cc(Cl)sc2Cl)n1. The van der Waals surface area contributed by atoms with Gasteiger partial charge in [0.15, 0.2) is 5.82 Å².